The number of rotatable bonds is 7. The summed E-state index contributed by atoms with van der Waals surface area (Å²) in [4.78, 5) is 27.2. The summed E-state index contributed by atoms with van der Waals surface area (Å²) < 4.78 is 28.3. The average Bonchev–Trinajstić information content (AvgIpc) is 2.84. The number of alkyl halides is 2. The second-order valence-electron chi connectivity index (χ2n) is 14.9. The lowest BCUT2D eigenvalue weighted by molar-refractivity contribution is -0.164. The topological polar surface area (TPSA) is 70.0 Å². The van der Waals surface area contributed by atoms with E-state index in [1.807, 2.05) is 19.1 Å². The van der Waals surface area contributed by atoms with Crippen LogP contribution < -0.4 is 5.32 Å². The van der Waals surface area contributed by atoms with E-state index in [0.717, 1.165) is 18.4 Å². The summed E-state index contributed by atoms with van der Waals surface area (Å²) in [5.74, 6) is -5.27. The number of fused-ring (bicyclic) bond motifs is 3. The van der Waals surface area contributed by atoms with E-state index in [0.29, 0.717) is 43.8 Å². The largest absolute Gasteiger partial charge is 0.345 e. The number of hydrogen-bond donors (Lipinski definition) is 1. The first-order valence-electron chi connectivity index (χ1n) is 14.9. The van der Waals surface area contributed by atoms with E-state index in [4.69, 9.17) is 0 Å². The number of allylic oxidation sites excluding steroid dienone is 5. The van der Waals surface area contributed by atoms with Crippen LogP contribution in [0.2, 0.25) is 0 Å². The second kappa shape index (κ2) is 10.2. The summed E-state index contributed by atoms with van der Waals surface area (Å²) in [6.45, 7) is 23.8. The maximum atomic E-state index is 14.5. The molecule has 0 aromatic heterocycles. The van der Waals surface area contributed by atoms with Gasteiger partial charge in [-0.2, -0.15) is 14.0 Å². The fourth-order valence-corrected chi connectivity index (χ4v) is 8.30. The molecule has 3 aliphatic rings. The molecule has 3 rings (SSSR count). The predicted octanol–water partition coefficient (Wildman–Crippen LogP) is 8.35. The number of ketones is 1. The van der Waals surface area contributed by atoms with Crippen molar-refractivity contribution in [2.75, 3.05) is 0 Å². The van der Waals surface area contributed by atoms with Gasteiger partial charge in [-0.1, -0.05) is 73.6 Å². The number of nitriles is 1. The Hall–Kier alpha value is -2.29. The van der Waals surface area contributed by atoms with Crippen LogP contribution in [0, 0.1) is 50.7 Å². The molecule has 0 saturated heterocycles. The summed E-state index contributed by atoms with van der Waals surface area (Å²) in [7, 11) is 0. The van der Waals surface area contributed by atoms with Gasteiger partial charge in [-0.3, -0.25) is 9.59 Å². The van der Waals surface area contributed by atoms with Crippen LogP contribution in [0.1, 0.15) is 108 Å². The SMILES string of the molecule is C=C(C)/C(C#N)=C\[C@](C)(C1=CC(=O)[C@@H]2[C@@H]3CC(C)(C)CC[C@]3(NC(=O)C(C)(F)F)CC[C@@]2(C)[C@]1(C)CC)C(C)C. The zero-order chi connectivity index (χ0) is 30.7. The number of nitrogens with one attached hydrogen (secondary N) is 1. The first kappa shape index (κ1) is 32.2. The minimum atomic E-state index is -3.48. The van der Waals surface area contributed by atoms with Crippen LogP contribution in [0.15, 0.2) is 35.5 Å². The van der Waals surface area contributed by atoms with Gasteiger partial charge in [0.1, 0.15) is 0 Å². The van der Waals surface area contributed by atoms with Gasteiger partial charge in [0, 0.05) is 23.8 Å². The van der Waals surface area contributed by atoms with Crippen LogP contribution in [0.4, 0.5) is 8.78 Å². The van der Waals surface area contributed by atoms with Crippen LogP contribution in [-0.2, 0) is 9.59 Å². The van der Waals surface area contributed by atoms with E-state index in [1.165, 1.54) is 0 Å². The van der Waals surface area contributed by atoms with Crippen LogP contribution in [0.3, 0.4) is 0 Å². The first-order valence-corrected chi connectivity index (χ1v) is 14.9. The summed E-state index contributed by atoms with van der Waals surface area (Å²) in [6, 6.07) is 2.30. The van der Waals surface area contributed by atoms with E-state index in [1.54, 1.807) is 0 Å². The van der Waals surface area contributed by atoms with Gasteiger partial charge in [-0.25, -0.2) is 0 Å². The molecule has 6 atom stereocenters. The minimum absolute atomic E-state index is 0.0156. The Morgan fingerprint density at radius 2 is 1.77 bits per heavy atom. The van der Waals surface area contributed by atoms with Crippen molar-refractivity contribution >= 4 is 11.7 Å². The highest BCUT2D eigenvalue weighted by atomic mass is 19.3. The van der Waals surface area contributed by atoms with Gasteiger partial charge >= 0.3 is 5.92 Å². The van der Waals surface area contributed by atoms with E-state index in [2.05, 4.69) is 73.4 Å². The molecule has 2 saturated carbocycles. The molecule has 0 aromatic carbocycles. The van der Waals surface area contributed by atoms with Crippen molar-refractivity contribution in [2.24, 2.45) is 39.4 Å². The van der Waals surface area contributed by atoms with Crippen molar-refractivity contribution in [1.82, 2.24) is 5.32 Å². The lowest BCUT2D eigenvalue weighted by Gasteiger charge is -2.66. The molecule has 0 aliphatic heterocycles. The van der Waals surface area contributed by atoms with Crippen LogP contribution in [0.25, 0.3) is 0 Å². The van der Waals surface area contributed by atoms with Gasteiger partial charge in [-0.05, 0) is 85.2 Å². The summed E-state index contributed by atoms with van der Waals surface area (Å²) in [5, 5.41) is 12.7. The molecule has 0 bridgehead atoms. The number of carbonyl (C=O) groups excluding carboxylic acids is 2. The molecule has 0 spiro atoms. The molecule has 0 heterocycles. The first-order chi connectivity index (χ1) is 18.1. The van der Waals surface area contributed by atoms with Gasteiger partial charge in [0.2, 0.25) is 0 Å². The van der Waals surface area contributed by atoms with Gasteiger partial charge in [0.25, 0.3) is 5.91 Å². The summed E-state index contributed by atoms with van der Waals surface area (Å²) in [6.07, 6.45) is 7.88. The Kier molecular flexibility index (Phi) is 8.23. The number of nitrogens with zero attached hydrogens (tertiary/aromatic N) is 1. The smallest absolute Gasteiger partial charge is 0.321 e. The highest BCUT2D eigenvalue weighted by Gasteiger charge is 2.67. The van der Waals surface area contributed by atoms with Crippen molar-refractivity contribution < 1.29 is 18.4 Å². The number of halogens is 2. The molecule has 0 aromatic rings. The standard InChI is InChI=1S/C34H50F2N2O2/c1-12-31(9)26(30(8,22(4)5)18-23(20-37)21(2)3)17-25(39)27-24-19-29(6,7)13-15-34(24,16-14-32(27,31)10)38-28(40)33(11,35)36/h17-18,22,24,27H,2,12-16,19H2,1,3-11H3,(H,38,40)/b23-18-/t24-,27-,30-,31+,32+,34-/m0/s1. The molecule has 6 heteroatoms. The third-order valence-electron chi connectivity index (χ3n) is 11.6. The highest BCUT2D eigenvalue weighted by molar-refractivity contribution is 5.96. The average molecular weight is 557 g/mol. The zero-order valence-corrected chi connectivity index (χ0v) is 26.4. The van der Waals surface area contributed by atoms with Crippen LogP contribution in [-0.4, -0.2) is 23.2 Å². The Labute approximate surface area is 240 Å². The fourth-order valence-electron chi connectivity index (χ4n) is 8.30. The van der Waals surface area contributed by atoms with Crippen LogP contribution >= 0.6 is 0 Å². The number of carbonyl (C=O) groups is 2. The Morgan fingerprint density at radius 1 is 1.20 bits per heavy atom. The summed E-state index contributed by atoms with van der Waals surface area (Å²) >= 11 is 0. The Morgan fingerprint density at radius 3 is 2.25 bits per heavy atom. The molecular formula is C34H50F2N2O2. The van der Waals surface area contributed by atoms with Gasteiger partial charge < -0.3 is 5.32 Å². The molecule has 1 amide bonds. The van der Waals surface area contributed by atoms with E-state index in [-0.39, 0.29) is 23.0 Å². The zero-order valence-electron chi connectivity index (χ0n) is 26.4. The van der Waals surface area contributed by atoms with E-state index < -0.39 is 39.5 Å². The molecule has 0 radical (unpaired) electrons. The quantitative estimate of drug-likeness (QED) is 0.253. The number of amides is 1. The van der Waals surface area contributed by atoms with Crippen molar-refractivity contribution in [1.29, 1.82) is 5.26 Å². The van der Waals surface area contributed by atoms with Crippen molar-refractivity contribution in [3.8, 4) is 6.07 Å². The lowest BCUT2D eigenvalue weighted by atomic mass is 9.38. The summed E-state index contributed by atoms with van der Waals surface area (Å²) in [5.41, 5.74) is -0.0882. The van der Waals surface area contributed by atoms with Crippen molar-refractivity contribution in [3.05, 3.63) is 35.5 Å². The fraction of sp³-hybridized carbons (Fsp3) is 0.735. The highest BCUT2D eigenvalue weighted by Crippen LogP contribution is 2.69. The lowest BCUT2D eigenvalue weighted by Crippen LogP contribution is -2.69. The van der Waals surface area contributed by atoms with E-state index in [9.17, 15) is 23.6 Å². The van der Waals surface area contributed by atoms with Gasteiger partial charge in [0.05, 0.1) is 11.6 Å². The third-order valence-corrected chi connectivity index (χ3v) is 11.6. The van der Waals surface area contributed by atoms with Gasteiger partial charge in [-0.15, -0.1) is 0 Å². The molecule has 4 nitrogen and oxygen atoms in total. The molecule has 222 valence electrons. The minimum Gasteiger partial charge on any atom is -0.345 e. The molecule has 1 N–H and O–H groups in total. The van der Waals surface area contributed by atoms with E-state index >= 15 is 0 Å². The Bertz CT molecular complexity index is 1190. The second-order valence-corrected chi connectivity index (χ2v) is 14.9. The molecular weight excluding hydrogens is 506 g/mol. The Balaban J connectivity index is 2.27. The molecule has 3 aliphatic carbocycles. The molecule has 0 unspecified atom stereocenters. The van der Waals surface area contributed by atoms with Crippen LogP contribution in [0.5, 0.6) is 0 Å². The monoisotopic (exact) mass is 556 g/mol. The maximum Gasteiger partial charge on any atom is 0.321 e. The third kappa shape index (κ3) is 5.01. The predicted molar refractivity (Wildman–Crippen MR) is 156 cm³/mol. The van der Waals surface area contributed by atoms with Gasteiger partial charge in [0.15, 0.2) is 5.78 Å². The van der Waals surface area contributed by atoms with Crippen molar-refractivity contribution in [2.45, 2.75) is 119 Å². The normalized spacial score (nSPS) is 35.5. The van der Waals surface area contributed by atoms with Crippen molar-refractivity contribution in [3.63, 3.8) is 0 Å². The molecule has 2 fully saturated rings. The number of hydrogen-bond acceptors (Lipinski definition) is 3. The maximum absolute atomic E-state index is 14.5. The molecule has 40 heavy (non-hydrogen) atoms.